The summed E-state index contributed by atoms with van der Waals surface area (Å²) in [5, 5.41) is 2.95. The molecule has 2 rings (SSSR count). The number of amides is 2. The van der Waals surface area contributed by atoms with Crippen LogP contribution in [-0.4, -0.2) is 62.2 Å². The van der Waals surface area contributed by atoms with E-state index in [4.69, 9.17) is 4.74 Å². The van der Waals surface area contributed by atoms with Gasteiger partial charge in [0.1, 0.15) is 5.75 Å². The number of hydrogen-bond donors (Lipinski definition) is 1. The van der Waals surface area contributed by atoms with Crippen molar-refractivity contribution < 1.29 is 9.53 Å². The van der Waals surface area contributed by atoms with Crippen LogP contribution < -0.4 is 10.1 Å². The van der Waals surface area contributed by atoms with Crippen molar-refractivity contribution in [2.24, 2.45) is 0 Å². The molecule has 1 N–H and O–H groups in total. The van der Waals surface area contributed by atoms with E-state index >= 15 is 0 Å². The first kappa shape index (κ1) is 17.6. The van der Waals surface area contributed by atoms with E-state index in [-0.39, 0.29) is 6.03 Å². The lowest BCUT2D eigenvalue weighted by molar-refractivity contribution is 0.138. The first-order chi connectivity index (χ1) is 11.2. The molecule has 1 aromatic carbocycles. The van der Waals surface area contributed by atoms with Crippen LogP contribution in [0.5, 0.6) is 5.75 Å². The Bertz CT molecular complexity index is 468. The summed E-state index contributed by atoms with van der Waals surface area (Å²) in [6, 6.07) is 8.39. The zero-order chi connectivity index (χ0) is 16.5. The smallest absolute Gasteiger partial charge is 0.317 e. The van der Waals surface area contributed by atoms with Crippen LogP contribution in [0.4, 0.5) is 4.79 Å². The average Bonchev–Trinajstić information content (AvgIpc) is 2.61. The number of rotatable bonds is 7. The van der Waals surface area contributed by atoms with E-state index in [0.717, 1.165) is 64.3 Å². The van der Waals surface area contributed by atoms with Crippen molar-refractivity contribution in [1.82, 2.24) is 15.1 Å². The summed E-state index contributed by atoms with van der Waals surface area (Å²) in [5.74, 6) is 0.909. The van der Waals surface area contributed by atoms with Gasteiger partial charge in [0.15, 0.2) is 0 Å². The van der Waals surface area contributed by atoms with E-state index in [0.29, 0.717) is 0 Å². The molecule has 0 spiro atoms. The first-order valence-electron chi connectivity index (χ1n) is 8.61. The summed E-state index contributed by atoms with van der Waals surface area (Å²) in [7, 11) is 1.69. The maximum absolute atomic E-state index is 11.9. The Kier molecular flexibility index (Phi) is 7.20. The van der Waals surface area contributed by atoms with Crippen molar-refractivity contribution in [3.63, 3.8) is 0 Å². The number of hydrogen-bond acceptors (Lipinski definition) is 3. The number of nitrogens with one attached hydrogen (secondary N) is 1. The number of benzene rings is 1. The molecule has 0 atom stereocenters. The number of aryl methyl sites for hydroxylation is 1. The van der Waals surface area contributed by atoms with Gasteiger partial charge in [-0.2, -0.15) is 0 Å². The molecule has 0 unspecified atom stereocenters. The Hall–Kier alpha value is -1.75. The third-order valence-electron chi connectivity index (χ3n) is 4.28. The molecule has 23 heavy (non-hydrogen) atoms. The number of methoxy groups -OCH3 is 1. The summed E-state index contributed by atoms with van der Waals surface area (Å²) >= 11 is 0. The number of urea groups is 1. The molecule has 128 valence electrons. The van der Waals surface area contributed by atoms with Gasteiger partial charge in [-0.1, -0.05) is 19.1 Å². The molecule has 0 saturated carbocycles. The normalized spacial score (nSPS) is 15.5. The molecule has 2 amide bonds. The van der Waals surface area contributed by atoms with Gasteiger partial charge in [0.05, 0.1) is 7.11 Å². The Labute approximate surface area is 139 Å². The second-order valence-electron chi connectivity index (χ2n) is 6.01. The van der Waals surface area contributed by atoms with E-state index in [1.54, 1.807) is 7.11 Å². The van der Waals surface area contributed by atoms with Crippen LogP contribution in [0, 0.1) is 0 Å². The molecule has 1 aliphatic heterocycles. The molecular formula is C18H29N3O2. The van der Waals surface area contributed by atoms with Gasteiger partial charge < -0.3 is 15.0 Å². The van der Waals surface area contributed by atoms with Gasteiger partial charge in [-0.05, 0) is 43.5 Å². The van der Waals surface area contributed by atoms with Crippen molar-refractivity contribution in [1.29, 1.82) is 0 Å². The minimum absolute atomic E-state index is 0.0877. The predicted molar refractivity (Wildman–Crippen MR) is 93.0 cm³/mol. The van der Waals surface area contributed by atoms with Crippen molar-refractivity contribution >= 4 is 6.03 Å². The largest absolute Gasteiger partial charge is 0.497 e. The molecule has 1 saturated heterocycles. The molecule has 5 heteroatoms. The van der Waals surface area contributed by atoms with Crippen LogP contribution >= 0.6 is 0 Å². The van der Waals surface area contributed by atoms with Crippen molar-refractivity contribution in [3.8, 4) is 5.75 Å². The fourth-order valence-electron chi connectivity index (χ4n) is 2.82. The Morgan fingerprint density at radius 2 is 1.87 bits per heavy atom. The van der Waals surface area contributed by atoms with Crippen LogP contribution in [-0.2, 0) is 6.42 Å². The van der Waals surface area contributed by atoms with Gasteiger partial charge in [0, 0.05) is 32.7 Å². The van der Waals surface area contributed by atoms with Crippen molar-refractivity contribution in [3.05, 3.63) is 29.8 Å². The van der Waals surface area contributed by atoms with E-state index in [1.807, 2.05) is 17.0 Å². The number of ether oxygens (including phenoxy) is 1. The summed E-state index contributed by atoms with van der Waals surface area (Å²) in [6.07, 6.45) is 3.21. The van der Waals surface area contributed by atoms with Gasteiger partial charge >= 0.3 is 6.03 Å². The highest BCUT2D eigenvalue weighted by Gasteiger charge is 2.20. The summed E-state index contributed by atoms with van der Waals surface area (Å²) in [4.78, 5) is 16.3. The lowest BCUT2D eigenvalue weighted by Crippen LogP contribution is -2.52. The highest BCUT2D eigenvalue weighted by Crippen LogP contribution is 2.13. The SMILES string of the molecule is CCCNC(=O)N1CCN(CCCc2ccc(OC)cc2)CC1. The van der Waals surface area contributed by atoms with Crippen LogP contribution in [0.15, 0.2) is 24.3 Å². The van der Waals surface area contributed by atoms with E-state index in [9.17, 15) is 4.79 Å². The van der Waals surface area contributed by atoms with Crippen LogP contribution in [0.2, 0.25) is 0 Å². The lowest BCUT2D eigenvalue weighted by atomic mass is 10.1. The predicted octanol–water partition coefficient (Wildman–Crippen LogP) is 2.37. The fourth-order valence-corrected chi connectivity index (χ4v) is 2.82. The molecule has 1 aromatic rings. The van der Waals surface area contributed by atoms with Crippen LogP contribution in [0.1, 0.15) is 25.3 Å². The summed E-state index contributed by atoms with van der Waals surface area (Å²) < 4.78 is 5.18. The Balaban J connectivity index is 1.63. The van der Waals surface area contributed by atoms with Gasteiger partial charge in [-0.3, -0.25) is 4.90 Å². The highest BCUT2D eigenvalue weighted by atomic mass is 16.5. The number of nitrogens with zero attached hydrogens (tertiary/aromatic N) is 2. The van der Waals surface area contributed by atoms with Crippen LogP contribution in [0.3, 0.4) is 0 Å². The number of carbonyl (C=O) groups is 1. The minimum atomic E-state index is 0.0877. The topological polar surface area (TPSA) is 44.8 Å². The maximum atomic E-state index is 11.9. The molecule has 0 radical (unpaired) electrons. The maximum Gasteiger partial charge on any atom is 0.317 e. The first-order valence-corrected chi connectivity index (χ1v) is 8.61. The quantitative estimate of drug-likeness (QED) is 0.839. The monoisotopic (exact) mass is 319 g/mol. The highest BCUT2D eigenvalue weighted by molar-refractivity contribution is 5.74. The van der Waals surface area contributed by atoms with Gasteiger partial charge in [0.25, 0.3) is 0 Å². The zero-order valence-electron chi connectivity index (χ0n) is 14.4. The summed E-state index contributed by atoms with van der Waals surface area (Å²) in [6.45, 7) is 7.54. The fraction of sp³-hybridized carbons (Fsp3) is 0.611. The molecule has 0 bridgehead atoms. The standard InChI is InChI=1S/C18H29N3O2/c1-3-10-19-18(22)21-14-12-20(13-15-21)11-4-5-16-6-8-17(23-2)9-7-16/h6-9H,3-5,10-15H2,1-2H3,(H,19,22). The Morgan fingerprint density at radius 1 is 1.17 bits per heavy atom. The molecule has 0 aromatic heterocycles. The molecule has 1 fully saturated rings. The van der Waals surface area contributed by atoms with Crippen LogP contribution in [0.25, 0.3) is 0 Å². The molecule has 1 heterocycles. The second-order valence-corrected chi connectivity index (χ2v) is 6.01. The Morgan fingerprint density at radius 3 is 2.48 bits per heavy atom. The van der Waals surface area contributed by atoms with Crippen molar-refractivity contribution in [2.75, 3.05) is 46.4 Å². The minimum Gasteiger partial charge on any atom is -0.497 e. The lowest BCUT2D eigenvalue weighted by Gasteiger charge is -2.34. The van der Waals surface area contributed by atoms with E-state index in [2.05, 4.69) is 29.3 Å². The van der Waals surface area contributed by atoms with Gasteiger partial charge in [0.2, 0.25) is 0 Å². The second kappa shape index (κ2) is 9.40. The molecule has 5 nitrogen and oxygen atoms in total. The number of carbonyl (C=O) groups excluding carboxylic acids is 1. The summed E-state index contributed by atoms with van der Waals surface area (Å²) in [5.41, 5.74) is 1.35. The molecule has 0 aliphatic carbocycles. The zero-order valence-corrected chi connectivity index (χ0v) is 14.4. The van der Waals surface area contributed by atoms with E-state index in [1.165, 1.54) is 5.56 Å². The van der Waals surface area contributed by atoms with Gasteiger partial charge in [-0.25, -0.2) is 4.79 Å². The van der Waals surface area contributed by atoms with E-state index < -0.39 is 0 Å². The average molecular weight is 319 g/mol. The third-order valence-corrected chi connectivity index (χ3v) is 4.28. The third kappa shape index (κ3) is 5.75. The number of piperazine rings is 1. The van der Waals surface area contributed by atoms with Crippen molar-refractivity contribution in [2.45, 2.75) is 26.2 Å². The van der Waals surface area contributed by atoms with Gasteiger partial charge in [-0.15, -0.1) is 0 Å². The molecule has 1 aliphatic rings. The molecular weight excluding hydrogens is 290 g/mol.